The largest absolute Gasteiger partial charge is 0.287 e. The summed E-state index contributed by atoms with van der Waals surface area (Å²) in [6, 6.07) is 2.25. The minimum Gasteiger partial charge on any atom is -0.287 e. The van der Waals surface area contributed by atoms with E-state index in [1.54, 1.807) is 0 Å². The molecule has 0 N–H and O–H groups in total. The van der Waals surface area contributed by atoms with Gasteiger partial charge in [0.05, 0.1) is 5.69 Å². The SMILES string of the molecule is Cc1cn(-c2ncc(C(C)C)cc2C)c(CC2CC2)n1. The van der Waals surface area contributed by atoms with E-state index in [4.69, 9.17) is 4.98 Å². The fraction of sp³-hybridized carbons (Fsp3) is 0.529. The van der Waals surface area contributed by atoms with Crippen molar-refractivity contribution in [2.24, 2.45) is 5.92 Å². The second-order valence-corrected chi connectivity index (χ2v) is 6.38. The summed E-state index contributed by atoms with van der Waals surface area (Å²) in [5, 5.41) is 0. The standard InChI is InChI=1S/C17H23N3/c1-11(2)15-7-12(3)17(18-9-15)20-10-13(4)19-16(20)8-14-5-6-14/h7,9-11,14H,5-6,8H2,1-4H3. The fourth-order valence-electron chi connectivity index (χ4n) is 2.61. The minimum atomic E-state index is 0.519. The van der Waals surface area contributed by atoms with Crippen LogP contribution in [0.5, 0.6) is 0 Å². The molecule has 0 bridgehead atoms. The predicted octanol–water partition coefficient (Wildman–Crippen LogP) is 3.96. The van der Waals surface area contributed by atoms with Crippen molar-refractivity contribution >= 4 is 0 Å². The predicted molar refractivity (Wildman–Crippen MR) is 81.4 cm³/mol. The first kappa shape index (κ1) is 13.3. The third-order valence-electron chi connectivity index (χ3n) is 4.03. The van der Waals surface area contributed by atoms with Crippen LogP contribution in [-0.2, 0) is 6.42 Å². The Hall–Kier alpha value is -1.64. The van der Waals surface area contributed by atoms with Gasteiger partial charge >= 0.3 is 0 Å². The van der Waals surface area contributed by atoms with Crippen LogP contribution in [0.2, 0.25) is 0 Å². The molecule has 106 valence electrons. The minimum absolute atomic E-state index is 0.519. The Kier molecular flexibility index (Phi) is 3.36. The van der Waals surface area contributed by atoms with Gasteiger partial charge in [0.25, 0.3) is 0 Å². The van der Waals surface area contributed by atoms with Gasteiger partial charge in [-0.2, -0.15) is 0 Å². The molecule has 1 saturated carbocycles. The molecule has 0 aliphatic heterocycles. The Morgan fingerprint density at radius 3 is 2.65 bits per heavy atom. The van der Waals surface area contributed by atoms with Gasteiger partial charge in [-0.05, 0) is 49.7 Å². The Morgan fingerprint density at radius 1 is 1.30 bits per heavy atom. The van der Waals surface area contributed by atoms with E-state index in [0.717, 1.165) is 29.7 Å². The summed E-state index contributed by atoms with van der Waals surface area (Å²) < 4.78 is 2.19. The normalized spacial score (nSPS) is 15.1. The highest BCUT2D eigenvalue weighted by Gasteiger charge is 2.24. The van der Waals surface area contributed by atoms with E-state index < -0.39 is 0 Å². The molecule has 3 rings (SSSR count). The molecule has 0 saturated heterocycles. The first-order valence-corrected chi connectivity index (χ1v) is 7.56. The fourth-order valence-corrected chi connectivity index (χ4v) is 2.61. The second kappa shape index (κ2) is 5.04. The maximum absolute atomic E-state index is 4.69. The average Bonchev–Trinajstić information content (AvgIpc) is 3.12. The Labute approximate surface area is 121 Å². The summed E-state index contributed by atoms with van der Waals surface area (Å²) in [5.41, 5.74) is 3.60. The van der Waals surface area contributed by atoms with Crippen LogP contribution in [0.1, 0.15) is 55.3 Å². The van der Waals surface area contributed by atoms with Gasteiger partial charge in [-0.15, -0.1) is 0 Å². The van der Waals surface area contributed by atoms with E-state index in [2.05, 4.69) is 49.5 Å². The Balaban J connectivity index is 1.99. The van der Waals surface area contributed by atoms with Crippen molar-refractivity contribution < 1.29 is 0 Å². The number of pyridine rings is 1. The van der Waals surface area contributed by atoms with Crippen LogP contribution in [-0.4, -0.2) is 14.5 Å². The Morgan fingerprint density at radius 2 is 2.05 bits per heavy atom. The zero-order valence-corrected chi connectivity index (χ0v) is 12.8. The van der Waals surface area contributed by atoms with Crippen molar-refractivity contribution in [1.82, 2.24) is 14.5 Å². The van der Waals surface area contributed by atoms with Crippen molar-refractivity contribution in [1.29, 1.82) is 0 Å². The van der Waals surface area contributed by atoms with Gasteiger partial charge in [-0.1, -0.05) is 19.9 Å². The van der Waals surface area contributed by atoms with Crippen molar-refractivity contribution in [2.45, 2.75) is 52.9 Å². The summed E-state index contributed by atoms with van der Waals surface area (Å²) in [5.74, 6) is 3.56. The molecule has 3 nitrogen and oxygen atoms in total. The van der Waals surface area contributed by atoms with Crippen LogP contribution in [0.3, 0.4) is 0 Å². The molecule has 2 aromatic heterocycles. The third kappa shape index (κ3) is 2.62. The van der Waals surface area contributed by atoms with Crippen LogP contribution in [0, 0.1) is 19.8 Å². The van der Waals surface area contributed by atoms with E-state index in [1.807, 2.05) is 6.20 Å². The highest BCUT2D eigenvalue weighted by Crippen LogP contribution is 2.33. The summed E-state index contributed by atoms with van der Waals surface area (Å²) in [4.78, 5) is 9.38. The molecule has 1 aliphatic carbocycles. The lowest BCUT2D eigenvalue weighted by atomic mass is 10.0. The zero-order chi connectivity index (χ0) is 14.3. The molecule has 1 aliphatic rings. The molecule has 0 spiro atoms. The molecule has 0 atom stereocenters. The summed E-state index contributed by atoms with van der Waals surface area (Å²) in [6.45, 7) is 8.61. The van der Waals surface area contributed by atoms with Crippen LogP contribution in [0.25, 0.3) is 5.82 Å². The molecule has 0 aromatic carbocycles. The lowest BCUT2D eigenvalue weighted by molar-refractivity contribution is 0.741. The molecule has 2 aromatic rings. The van der Waals surface area contributed by atoms with E-state index in [9.17, 15) is 0 Å². The van der Waals surface area contributed by atoms with Crippen molar-refractivity contribution in [2.75, 3.05) is 0 Å². The van der Waals surface area contributed by atoms with E-state index in [1.165, 1.54) is 24.0 Å². The summed E-state index contributed by atoms with van der Waals surface area (Å²) >= 11 is 0. The van der Waals surface area contributed by atoms with Crippen LogP contribution >= 0.6 is 0 Å². The van der Waals surface area contributed by atoms with E-state index in [0.29, 0.717) is 5.92 Å². The first-order valence-electron chi connectivity index (χ1n) is 7.56. The number of rotatable bonds is 4. The number of imidazole rings is 1. The molecule has 3 heteroatoms. The van der Waals surface area contributed by atoms with Gasteiger partial charge in [0.1, 0.15) is 11.6 Å². The molecule has 0 radical (unpaired) electrons. The quantitative estimate of drug-likeness (QED) is 0.841. The first-order chi connectivity index (χ1) is 9.54. The molecular weight excluding hydrogens is 246 g/mol. The maximum atomic E-state index is 4.69. The number of hydrogen-bond acceptors (Lipinski definition) is 2. The van der Waals surface area contributed by atoms with Gasteiger partial charge in [-0.25, -0.2) is 9.97 Å². The number of nitrogens with zero attached hydrogens (tertiary/aromatic N) is 3. The van der Waals surface area contributed by atoms with Crippen LogP contribution in [0.4, 0.5) is 0 Å². The van der Waals surface area contributed by atoms with Gasteiger partial charge in [-0.3, -0.25) is 4.57 Å². The Bertz CT molecular complexity index is 621. The highest BCUT2D eigenvalue weighted by molar-refractivity contribution is 5.38. The summed E-state index contributed by atoms with van der Waals surface area (Å²) in [6.07, 6.45) is 7.90. The summed E-state index contributed by atoms with van der Waals surface area (Å²) in [7, 11) is 0. The monoisotopic (exact) mass is 269 g/mol. The zero-order valence-electron chi connectivity index (χ0n) is 12.8. The molecule has 2 heterocycles. The lowest BCUT2D eigenvalue weighted by Crippen LogP contribution is -2.06. The number of aryl methyl sites for hydroxylation is 2. The average molecular weight is 269 g/mol. The highest BCUT2D eigenvalue weighted by atomic mass is 15.1. The lowest BCUT2D eigenvalue weighted by Gasteiger charge is -2.12. The van der Waals surface area contributed by atoms with Gasteiger partial charge < -0.3 is 0 Å². The topological polar surface area (TPSA) is 30.7 Å². The van der Waals surface area contributed by atoms with Crippen molar-refractivity contribution in [3.63, 3.8) is 0 Å². The van der Waals surface area contributed by atoms with Gasteiger partial charge in [0, 0.05) is 18.8 Å². The van der Waals surface area contributed by atoms with E-state index >= 15 is 0 Å². The van der Waals surface area contributed by atoms with Gasteiger partial charge in [0.2, 0.25) is 0 Å². The smallest absolute Gasteiger partial charge is 0.140 e. The van der Waals surface area contributed by atoms with Crippen molar-refractivity contribution in [3.8, 4) is 5.82 Å². The second-order valence-electron chi connectivity index (χ2n) is 6.38. The van der Waals surface area contributed by atoms with Crippen LogP contribution < -0.4 is 0 Å². The van der Waals surface area contributed by atoms with Crippen LogP contribution in [0.15, 0.2) is 18.5 Å². The van der Waals surface area contributed by atoms with E-state index in [-0.39, 0.29) is 0 Å². The number of hydrogen-bond donors (Lipinski definition) is 0. The molecule has 0 amide bonds. The number of aromatic nitrogens is 3. The molecular formula is C17H23N3. The van der Waals surface area contributed by atoms with Crippen molar-refractivity contribution in [3.05, 3.63) is 41.1 Å². The molecule has 1 fully saturated rings. The van der Waals surface area contributed by atoms with Gasteiger partial charge in [0.15, 0.2) is 0 Å². The molecule has 0 unspecified atom stereocenters. The maximum Gasteiger partial charge on any atom is 0.140 e. The molecule has 20 heavy (non-hydrogen) atoms. The third-order valence-corrected chi connectivity index (χ3v) is 4.03.